The largest absolute Gasteiger partial charge is 0.354 e. The molecule has 5 rings (SSSR count). The van der Waals surface area contributed by atoms with E-state index in [0.717, 1.165) is 54.0 Å². The molecule has 2 N–H and O–H groups in total. The number of aryl methyl sites for hydroxylation is 1. The molecule has 1 fully saturated rings. The third-order valence-corrected chi connectivity index (χ3v) is 5.31. The first-order chi connectivity index (χ1) is 15.2. The maximum absolute atomic E-state index is 12.8. The Labute approximate surface area is 179 Å². The molecule has 9 heteroatoms. The van der Waals surface area contributed by atoms with Crippen LogP contribution in [0.3, 0.4) is 0 Å². The Morgan fingerprint density at radius 1 is 1.06 bits per heavy atom. The molecule has 0 saturated carbocycles. The fourth-order valence-electron chi connectivity index (χ4n) is 3.67. The smallest absolute Gasteiger partial charge is 0.257 e. The number of nitrogens with one attached hydrogen (secondary N) is 2. The summed E-state index contributed by atoms with van der Waals surface area (Å²) < 4.78 is 1.76. The zero-order valence-electron chi connectivity index (χ0n) is 17.1. The highest BCUT2D eigenvalue weighted by Crippen LogP contribution is 2.24. The van der Waals surface area contributed by atoms with Crippen LogP contribution in [-0.4, -0.2) is 57.0 Å². The van der Waals surface area contributed by atoms with Crippen LogP contribution < -0.4 is 15.5 Å². The number of piperazine rings is 1. The lowest BCUT2D eigenvalue weighted by Crippen LogP contribution is -2.43. The summed E-state index contributed by atoms with van der Waals surface area (Å²) in [7, 11) is 1.89. The molecule has 0 unspecified atom stereocenters. The van der Waals surface area contributed by atoms with Crippen LogP contribution in [0.1, 0.15) is 10.4 Å². The molecule has 1 aromatic carbocycles. The molecule has 4 heterocycles. The van der Waals surface area contributed by atoms with E-state index < -0.39 is 0 Å². The average Bonchev–Trinajstić information content (AvgIpc) is 3.25. The van der Waals surface area contributed by atoms with E-state index in [1.165, 1.54) is 0 Å². The first-order valence-electron chi connectivity index (χ1n) is 10.2. The van der Waals surface area contributed by atoms with Gasteiger partial charge in [0.05, 0.1) is 11.7 Å². The van der Waals surface area contributed by atoms with Gasteiger partial charge in [-0.05, 0) is 35.9 Å². The Morgan fingerprint density at radius 3 is 2.74 bits per heavy atom. The number of carbonyl (C=O) groups is 1. The number of nitrogens with zero attached hydrogens (tertiary/aromatic N) is 6. The Bertz CT molecular complexity index is 1250. The standard InChI is InChI=1S/C22H22N8O/c1-29-14-18(13-25-29)15-2-3-19-17(10-15)11-20(28-27-19)26-22(31)16-4-5-24-21(12-16)30-8-6-23-7-9-30/h2-5,10-14,23H,6-9H2,1H3,(H,26,28,31). The van der Waals surface area contributed by atoms with Gasteiger partial charge in [0.25, 0.3) is 5.91 Å². The zero-order valence-corrected chi connectivity index (χ0v) is 17.1. The van der Waals surface area contributed by atoms with Crippen LogP contribution in [0.2, 0.25) is 0 Å². The van der Waals surface area contributed by atoms with Gasteiger partial charge in [-0.1, -0.05) is 6.07 Å². The molecule has 0 bridgehead atoms. The van der Waals surface area contributed by atoms with E-state index in [1.54, 1.807) is 16.9 Å². The summed E-state index contributed by atoms with van der Waals surface area (Å²) in [5.41, 5.74) is 3.34. The predicted octanol–water partition coefficient (Wildman–Crippen LogP) is 2.09. The fraction of sp³-hybridized carbons (Fsp3) is 0.227. The lowest BCUT2D eigenvalue weighted by atomic mass is 10.1. The van der Waals surface area contributed by atoms with Crippen LogP contribution in [0.4, 0.5) is 11.6 Å². The number of anilines is 2. The van der Waals surface area contributed by atoms with Gasteiger partial charge in [-0.2, -0.15) is 5.10 Å². The molecule has 1 aliphatic heterocycles. The molecule has 156 valence electrons. The second-order valence-electron chi connectivity index (χ2n) is 7.50. The maximum atomic E-state index is 12.8. The average molecular weight is 414 g/mol. The van der Waals surface area contributed by atoms with Gasteiger partial charge in [0, 0.05) is 62.1 Å². The van der Waals surface area contributed by atoms with Crippen LogP contribution in [0.25, 0.3) is 22.0 Å². The lowest BCUT2D eigenvalue weighted by molar-refractivity contribution is 0.102. The predicted molar refractivity (Wildman–Crippen MR) is 119 cm³/mol. The highest BCUT2D eigenvalue weighted by molar-refractivity contribution is 6.04. The maximum Gasteiger partial charge on any atom is 0.257 e. The van der Waals surface area contributed by atoms with Crippen molar-refractivity contribution in [2.45, 2.75) is 0 Å². The first-order valence-corrected chi connectivity index (χ1v) is 10.2. The van der Waals surface area contributed by atoms with Gasteiger partial charge in [0.2, 0.25) is 0 Å². The number of carbonyl (C=O) groups excluding carboxylic acids is 1. The van der Waals surface area contributed by atoms with Crippen molar-refractivity contribution >= 4 is 28.4 Å². The van der Waals surface area contributed by atoms with Crippen molar-refractivity contribution in [3.8, 4) is 11.1 Å². The van der Waals surface area contributed by atoms with Crippen molar-refractivity contribution in [2.75, 3.05) is 36.4 Å². The van der Waals surface area contributed by atoms with Gasteiger partial charge < -0.3 is 15.5 Å². The van der Waals surface area contributed by atoms with Crippen molar-refractivity contribution in [3.63, 3.8) is 0 Å². The third-order valence-electron chi connectivity index (χ3n) is 5.31. The van der Waals surface area contributed by atoms with Crippen LogP contribution in [0.5, 0.6) is 0 Å². The molecule has 0 spiro atoms. The summed E-state index contributed by atoms with van der Waals surface area (Å²) in [6.45, 7) is 3.55. The van der Waals surface area contributed by atoms with Crippen molar-refractivity contribution in [1.82, 2.24) is 30.3 Å². The topological polar surface area (TPSA) is 101 Å². The highest BCUT2D eigenvalue weighted by Gasteiger charge is 2.15. The molecule has 3 aromatic heterocycles. The normalized spacial score (nSPS) is 14.0. The Morgan fingerprint density at radius 2 is 1.94 bits per heavy atom. The number of hydrogen-bond acceptors (Lipinski definition) is 7. The van der Waals surface area contributed by atoms with Crippen molar-refractivity contribution < 1.29 is 4.79 Å². The molecule has 4 aromatic rings. The van der Waals surface area contributed by atoms with Crippen molar-refractivity contribution in [3.05, 3.63) is 60.6 Å². The number of pyridine rings is 1. The minimum Gasteiger partial charge on any atom is -0.354 e. The summed E-state index contributed by atoms with van der Waals surface area (Å²) in [5, 5.41) is 19.7. The number of hydrogen-bond donors (Lipinski definition) is 2. The van der Waals surface area contributed by atoms with Crippen LogP contribution >= 0.6 is 0 Å². The summed E-state index contributed by atoms with van der Waals surface area (Å²) in [4.78, 5) is 19.4. The van der Waals surface area contributed by atoms with E-state index in [0.29, 0.717) is 11.4 Å². The molecular weight excluding hydrogens is 392 g/mol. The SMILES string of the molecule is Cn1cc(-c2ccc3nnc(NC(=O)c4ccnc(N5CCNCC5)c4)cc3c2)cn1. The van der Waals surface area contributed by atoms with Crippen LogP contribution in [0.15, 0.2) is 55.0 Å². The molecule has 9 nitrogen and oxygen atoms in total. The summed E-state index contributed by atoms with van der Waals surface area (Å²) in [5.74, 6) is 0.970. The molecular formula is C22H22N8O. The van der Waals surface area contributed by atoms with Crippen LogP contribution in [0, 0.1) is 0 Å². The summed E-state index contributed by atoms with van der Waals surface area (Å²) >= 11 is 0. The molecule has 1 amide bonds. The number of amides is 1. The minimum atomic E-state index is -0.240. The number of rotatable bonds is 4. The van der Waals surface area contributed by atoms with Gasteiger partial charge >= 0.3 is 0 Å². The number of benzene rings is 1. The second-order valence-corrected chi connectivity index (χ2v) is 7.50. The van der Waals surface area contributed by atoms with E-state index in [9.17, 15) is 4.79 Å². The van der Waals surface area contributed by atoms with Crippen LogP contribution in [-0.2, 0) is 7.05 Å². The van der Waals surface area contributed by atoms with E-state index in [2.05, 4.69) is 35.8 Å². The number of fused-ring (bicyclic) bond motifs is 1. The Balaban J connectivity index is 1.37. The van der Waals surface area contributed by atoms with Crippen molar-refractivity contribution in [2.24, 2.45) is 7.05 Å². The number of aromatic nitrogens is 5. The van der Waals surface area contributed by atoms with Gasteiger partial charge in [0.1, 0.15) is 5.82 Å². The van der Waals surface area contributed by atoms with E-state index in [-0.39, 0.29) is 5.91 Å². The molecule has 31 heavy (non-hydrogen) atoms. The monoisotopic (exact) mass is 414 g/mol. The zero-order chi connectivity index (χ0) is 21.2. The third kappa shape index (κ3) is 4.08. The van der Waals surface area contributed by atoms with E-state index in [1.807, 2.05) is 49.8 Å². The molecule has 0 radical (unpaired) electrons. The lowest BCUT2D eigenvalue weighted by Gasteiger charge is -2.28. The first kappa shape index (κ1) is 19.1. The van der Waals surface area contributed by atoms with E-state index in [4.69, 9.17) is 0 Å². The van der Waals surface area contributed by atoms with Gasteiger partial charge in [-0.3, -0.25) is 9.48 Å². The minimum absolute atomic E-state index is 0.240. The van der Waals surface area contributed by atoms with Gasteiger partial charge in [-0.15, -0.1) is 10.2 Å². The second kappa shape index (κ2) is 8.11. The Kier molecular flexibility index (Phi) is 5.01. The van der Waals surface area contributed by atoms with Gasteiger partial charge in [0.15, 0.2) is 5.82 Å². The molecule has 0 atom stereocenters. The Hall–Kier alpha value is -3.85. The quantitative estimate of drug-likeness (QED) is 0.527. The summed E-state index contributed by atoms with van der Waals surface area (Å²) in [6.07, 6.45) is 5.44. The molecule has 1 aliphatic rings. The molecule has 1 saturated heterocycles. The van der Waals surface area contributed by atoms with E-state index >= 15 is 0 Å². The highest BCUT2D eigenvalue weighted by atomic mass is 16.1. The van der Waals surface area contributed by atoms with Gasteiger partial charge in [-0.25, -0.2) is 4.98 Å². The van der Waals surface area contributed by atoms with Crippen molar-refractivity contribution in [1.29, 1.82) is 0 Å². The molecule has 0 aliphatic carbocycles. The fourth-order valence-corrected chi connectivity index (χ4v) is 3.67. The summed E-state index contributed by atoms with van der Waals surface area (Å²) in [6, 6.07) is 11.3.